The van der Waals surface area contributed by atoms with Crippen LogP contribution in [0.4, 0.5) is 11.5 Å². The molecule has 1 amide bonds. The zero-order valence-electron chi connectivity index (χ0n) is 17.3. The number of carbonyl (C=O) groups is 1. The van der Waals surface area contributed by atoms with Gasteiger partial charge in [0.1, 0.15) is 17.9 Å². The number of para-hydroxylation sites is 1. The van der Waals surface area contributed by atoms with E-state index in [2.05, 4.69) is 20.2 Å². The number of aromatic nitrogens is 2. The molecule has 2 aromatic carbocycles. The molecule has 2 heterocycles. The van der Waals surface area contributed by atoms with Crippen LogP contribution in [-0.4, -0.2) is 36.1 Å². The van der Waals surface area contributed by atoms with Crippen LogP contribution in [0.5, 0.6) is 5.75 Å². The van der Waals surface area contributed by atoms with Gasteiger partial charge in [-0.05, 0) is 43.5 Å². The van der Waals surface area contributed by atoms with Crippen molar-refractivity contribution in [3.8, 4) is 16.9 Å². The van der Waals surface area contributed by atoms with Gasteiger partial charge in [0, 0.05) is 36.1 Å². The number of anilines is 2. The summed E-state index contributed by atoms with van der Waals surface area (Å²) in [6.07, 6.45) is 3.41. The van der Waals surface area contributed by atoms with Crippen molar-refractivity contribution in [3.63, 3.8) is 0 Å². The zero-order chi connectivity index (χ0) is 20.9. The molecule has 1 saturated heterocycles. The lowest BCUT2D eigenvalue weighted by Gasteiger charge is -2.33. The first-order valence-corrected chi connectivity index (χ1v) is 10.2. The summed E-state index contributed by atoms with van der Waals surface area (Å²) in [6, 6.07) is 17.7. The smallest absolute Gasteiger partial charge is 0.229 e. The number of carbonyl (C=O) groups excluding carboxylic acids is 1. The number of amides is 1. The lowest BCUT2D eigenvalue weighted by atomic mass is 9.96. The number of nitrogens with one attached hydrogen (secondary N) is 1. The van der Waals surface area contributed by atoms with Gasteiger partial charge in [-0.3, -0.25) is 4.79 Å². The fourth-order valence-electron chi connectivity index (χ4n) is 3.86. The van der Waals surface area contributed by atoms with Crippen molar-refractivity contribution in [2.24, 2.45) is 5.92 Å². The number of piperidine rings is 1. The molecule has 1 aromatic heterocycles. The number of rotatable bonds is 5. The van der Waals surface area contributed by atoms with Crippen molar-refractivity contribution in [1.29, 1.82) is 0 Å². The highest BCUT2D eigenvalue weighted by Crippen LogP contribution is 2.30. The van der Waals surface area contributed by atoms with Crippen LogP contribution in [0.25, 0.3) is 11.1 Å². The molecule has 4 rings (SSSR count). The van der Waals surface area contributed by atoms with E-state index in [9.17, 15) is 4.79 Å². The molecule has 1 fully saturated rings. The Morgan fingerprint density at radius 3 is 2.70 bits per heavy atom. The van der Waals surface area contributed by atoms with E-state index in [-0.39, 0.29) is 11.8 Å². The Kier molecular flexibility index (Phi) is 5.93. The molecule has 1 aliphatic heterocycles. The molecule has 0 bridgehead atoms. The van der Waals surface area contributed by atoms with Crippen molar-refractivity contribution in [2.75, 3.05) is 30.4 Å². The molecule has 0 aliphatic carbocycles. The monoisotopic (exact) mass is 402 g/mol. The van der Waals surface area contributed by atoms with Crippen LogP contribution in [0.2, 0.25) is 0 Å². The van der Waals surface area contributed by atoms with Gasteiger partial charge < -0.3 is 15.0 Å². The maximum Gasteiger partial charge on any atom is 0.229 e. The Morgan fingerprint density at radius 1 is 1.13 bits per heavy atom. The Bertz CT molecular complexity index is 1020. The van der Waals surface area contributed by atoms with Crippen molar-refractivity contribution >= 4 is 17.4 Å². The second kappa shape index (κ2) is 8.95. The van der Waals surface area contributed by atoms with E-state index in [4.69, 9.17) is 4.74 Å². The first-order chi connectivity index (χ1) is 14.6. The molecule has 0 unspecified atom stereocenters. The lowest BCUT2D eigenvalue weighted by molar-refractivity contribution is -0.120. The Labute approximate surface area is 176 Å². The summed E-state index contributed by atoms with van der Waals surface area (Å²) in [5.74, 6) is 1.66. The van der Waals surface area contributed by atoms with E-state index in [0.29, 0.717) is 6.54 Å². The summed E-state index contributed by atoms with van der Waals surface area (Å²) in [5.41, 5.74) is 3.78. The summed E-state index contributed by atoms with van der Waals surface area (Å²) < 4.78 is 5.25. The van der Waals surface area contributed by atoms with Gasteiger partial charge in [0.15, 0.2) is 0 Å². The maximum absolute atomic E-state index is 13.1. The minimum Gasteiger partial charge on any atom is -0.497 e. The van der Waals surface area contributed by atoms with Crippen LogP contribution in [0.3, 0.4) is 0 Å². The summed E-state index contributed by atoms with van der Waals surface area (Å²) in [6.45, 7) is 3.52. The summed E-state index contributed by atoms with van der Waals surface area (Å²) in [5, 5.41) is 3.16. The number of benzene rings is 2. The minimum atomic E-state index is -0.0852. The standard InChI is InChI=1S/C24H26N4O2/c1-17-14-23(26-16-25-17)28-13-5-6-19(15-28)24(29)27-22-8-4-3-7-21(22)18-9-11-20(30-2)12-10-18/h3-4,7-12,14,16,19H,5-6,13,15H2,1-2H3,(H,27,29)/t19-/m0/s1. The summed E-state index contributed by atoms with van der Waals surface area (Å²) in [7, 11) is 1.65. The number of nitrogens with zero attached hydrogens (tertiary/aromatic N) is 3. The topological polar surface area (TPSA) is 67.3 Å². The molecule has 0 saturated carbocycles. The van der Waals surface area contributed by atoms with Crippen LogP contribution in [0, 0.1) is 12.8 Å². The Morgan fingerprint density at radius 2 is 1.93 bits per heavy atom. The Hall–Kier alpha value is -3.41. The van der Waals surface area contributed by atoms with Crippen molar-refractivity contribution in [1.82, 2.24) is 9.97 Å². The lowest BCUT2D eigenvalue weighted by Crippen LogP contribution is -2.41. The molecule has 3 aromatic rings. The third-order valence-corrected chi connectivity index (χ3v) is 5.49. The molecule has 154 valence electrons. The van der Waals surface area contributed by atoms with E-state index < -0.39 is 0 Å². The first-order valence-electron chi connectivity index (χ1n) is 10.2. The van der Waals surface area contributed by atoms with E-state index in [1.165, 1.54) is 0 Å². The van der Waals surface area contributed by atoms with Gasteiger partial charge in [0.25, 0.3) is 0 Å². The van der Waals surface area contributed by atoms with Crippen LogP contribution < -0.4 is 15.0 Å². The quantitative estimate of drug-likeness (QED) is 0.689. The van der Waals surface area contributed by atoms with Crippen molar-refractivity contribution in [3.05, 3.63) is 66.6 Å². The van der Waals surface area contributed by atoms with E-state index >= 15 is 0 Å². The van der Waals surface area contributed by atoms with Gasteiger partial charge >= 0.3 is 0 Å². The third kappa shape index (κ3) is 4.43. The maximum atomic E-state index is 13.1. The van der Waals surface area contributed by atoms with Crippen LogP contribution in [-0.2, 0) is 4.79 Å². The molecule has 1 atom stereocenters. The minimum absolute atomic E-state index is 0.0476. The van der Waals surface area contributed by atoms with Gasteiger partial charge in [-0.25, -0.2) is 9.97 Å². The summed E-state index contributed by atoms with van der Waals surface area (Å²) >= 11 is 0. The molecular weight excluding hydrogens is 376 g/mol. The number of hydrogen-bond acceptors (Lipinski definition) is 5. The van der Waals surface area contributed by atoms with Crippen LogP contribution in [0.15, 0.2) is 60.9 Å². The normalized spacial score (nSPS) is 16.2. The van der Waals surface area contributed by atoms with Gasteiger partial charge in [-0.1, -0.05) is 30.3 Å². The van der Waals surface area contributed by atoms with Gasteiger partial charge in [0.05, 0.1) is 13.0 Å². The number of methoxy groups -OCH3 is 1. The highest BCUT2D eigenvalue weighted by Gasteiger charge is 2.27. The third-order valence-electron chi connectivity index (χ3n) is 5.49. The number of hydrogen-bond donors (Lipinski definition) is 1. The van der Waals surface area contributed by atoms with Gasteiger partial charge in [0.2, 0.25) is 5.91 Å². The second-order valence-corrected chi connectivity index (χ2v) is 7.57. The highest BCUT2D eigenvalue weighted by molar-refractivity contribution is 5.97. The molecular formula is C24H26N4O2. The summed E-state index contributed by atoms with van der Waals surface area (Å²) in [4.78, 5) is 23.8. The zero-order valence-corrected chi connectivity index (χ0v) is 17.3. The second-order valence-electron chi connectivity index (χ2n) is 7.57. The highest BCUT2D eigenvalue weighted by atomic mass is 16.5. The van der Waals surface area contributed by atoms with Gasteiger partial charge in [-0.2, -0.15) is 0 Å². The largest absolute Gasteiger partial charge is 0.497 e. The molecule has 0 radical (unpaired) electrons. The molecule has 6 nitrogen and oxygen atoms in total. The van der Waals surface area contributed by atoms with E-state index in [1.807, 2.05) is 61.5 Å². The number of ether oxygens (including phenoxy) is 1. The molecule has 30 heavy (non-hydrogen) atoms. The SMILES string of the molecule is COc1ccc(-c2ccccc2NC(=O)[C@H]2CCCN(c3cc(C)ncn3)C2)cc1. The molecule has 1 N–H and O–H groups in total. The predicted octanol–water partition coefficient (Wildman–Crippen LogP) is 4.32. The van der Waals surface area contributed by atoms with Gasteiger partial charge in [-0.15, -0.1) is 0 Å². The van der Waals surface area contributed by atoms with Crippen molar-refractivity contribution in [2.45, 2.75) is 19.8 Å². The van der Waals surface area contributed by atoms with E-state index in [1.54, 1.807) is 13.4 Å². The molecule has 6 heteroatoms. The van der Waals surface area contributed by atoms with Crippen LogP contribution in [0.1, 0.15) is 18.5 Å². The fraction of sp³-hybridized carbons (Fsp3) is 0.292. The first kappa shape index (κ1) is 19.9. The average Bonchev–Trinajstić information content (AvgIpc) is 2.79. The number of aryl methyl sites for hydroxylation is 1. The average molecular weight is 402 g/mol. The van der Waals surface area contributed by atoms with Crippen molar-refractivity contribution < 1.29 is 9.53 Å². The molecule has 0 spiro atoms. The van der Waals surface area contributed by atoms with Crippen LogP contribution >= 0.6 is 0 Å². The fourth-order valence-corrected chi connectivity index (χ4v) is 3.86. The Balaban J connectivity index is 1.50. The van der Waals surface area contributed by atoms with E-state index in [0.717, 1.165) is 53.5 Å². The predicted molar refractivity (Wildman–Crippen MR) is 119 cm³/mol. The molecule has 1 aliphatic rings.